The van der Waals surface area contributed by atoms with E-state index in [1.165, 1.54) is 37.4 Å². The van der Waals surface area contributed by atoms with Crippen LogP contribution in [0.25, 0.3) is 0 Å². The molecule has 0 amide bonds. The van der Waals surface area contributed by atoms with Gasteiger partial charge in [-0.15, -0.1) is 11.3 Å². The summed E-state index contributed by atoms with van der Waals surface area (Å²) in [6, 6.07) is 0.567. The number of guanidine groups is 1. The molecule has 0 aromatic carbocycles. The van der Waals surface area contributed by atoms with E-state index in [0.29, 0.717) is 12.0 Å². The van der Waals surface area contributed by atoms with Gasteiger partial charge < -0.3 is 16.0 Å². The summed E-state index contributed by atoms with van der Waals surface area (Å²) in [6.07, 6.45) is 6.00. The van der Waals surface area contributed by atoms with E-state index in [-0.39, 0.29) is 0 Å². The number of likely N-dealkylation sites (tertiary alicyclic amines) is 1. The Balaban J connectivity index is 1.38. The van der Waals surface area contributed by atoms with Crippen LogP contribution in [0.1, 0.15) is 38.3 Å². The standard InChI is InChI=1S/C17H30N6S/c1-2-22-11-5-6-15(22)12-20-16(18)19-8-7-14-13-24-17(21-14)23-9-3-4-10-23/h13,15H,2-12H2,1H3,(H3,18,19,20). The lowest BCUT2D eigenvalue weighted by Gasteiger charge is -2.20. The molecule has 3 N–H and O–H groups in total. The summed E-state index contributed by atoms with van der Waals surface area (Å²) >= 11 is 1.76. The van der Waals surface area contributed by atoms with Gasteiger partial charge in [0.2, 0.25) is 0 Å². The zero-order valence-corrected chi connectivity index (χ0v) is 15.5. The number of nitrogens with one attached hydrogen (secondary N) is 1. The molecule has 2 aliphatic rings. The van der Waals surface area contributed by atoms with E-state index in [9.17, 15) is 0 Å². The van der Waals surface area contributed by atoms with Crippen molar-refractivity contribution in [1.82, 2.24) is 15.2 Å². The lowest BCUT2D eigenvalue weighted by Crippen LogP contribution is -2.36. The molecule has 3 rings (SSSR count). The molecule has 0 radical (unpaired) electrons. The molecule has 1 aromatic rings. The summed E-state index contributed by atoms with van der Waals surface area (Å²) in [6.45, 7) is 8.43. The average Bonchev–Trinajstić information content (AvgIpc) is 3.32. The molecule has 0 saturated carbocycles. The van der Waals surface area contributed by atoms with Crippen LogP contribution in [0.5, 0.6) is 0 Å². The maximum Gasteiger partial charge on any atom is 0.188 e. The highest BCUT2D eigenvalue weighted by Gasteiger charge is 2.22. The third-order valence-electron chi connectivity index (χ3n) is 4.98. The number of rotatable bonds is 7. The Kier molecular flexibility index (Phi) is 6.31. The Morgan fingerprint density at radius 1 is 1.38 bits per heavy atom. The number of aromatic nitrogens is 1. The van der Waals surface area contributed by atoms with Crippen molar-refractivity contribution < 1.29 is 0 Å². The van der Waals surface area contributed by atoms with E-state index >= 15 is 0 Å². The highest BCUT2D eigenvalue weighted by Crippen LogP contribution is 2.24. The molecule has 24 heavy (non-hydrogen) atoms. The first-order valence-corrected chi connectivity index (χ1v) is 10.1. The van der Waals surface area contributed by atoms with Gasteiger partial charge in [-0.3, -0.25) is 9.89 Å². The fraction of sp³-hybridized carbons (Fsp3) is 0.765. The molecule has 7 heteroatoms. The molecule has 1 atom stereocenters. The Morgan fingerprint density at radius 3 is 3.00 bits per heavy atom. The number of hydrogen-bond donors (Lipinski definition) is 2. The first-order valence-electron chi connectivity index (χ1n) is 9.23. The minimum atomic E-state index is 0.563. The van der Waals surface area contributed by atoms with Crippen LogP contribution in [-0.4, -0.2) is 61.2 Å². The molecule has 6 nitrogen and oxygen atoms in total. The molecule has 0 spiro atoms. The monoisotopic (exact) mass is 350 g/mol. The van der Waals surface area contributed by atoms with Gasteiger partial charge in [0.25, 0.3) is 0 Å². The minimum Gasteiger partial charge on any atom is -0.370 e. The van der Waals surface area contributed by atoms with Gasteiger partial charge in [-0.25, -0.2) is 4.98 Å². The lowest BCUT2D eigenvalue weighted by molar-refractivity contribution is 0.273. The first kappa shape index (κ1) is 17.5. The molecule has 134 valence electrons. The Labute approximate surface area is 149 Å². The van der Waals surface area contributed by atoms with Gasteiger partial charge >= 0.3 is 0 Å². The molecule has 1 unspecified atom stereocenters. The molecule has 1 aromatic heterocycles. The van der Waals surface area contributed by atoms with Crippen LogP contribution in [0.15, 0.2) is 10.4 Å². The normalized spacial score (nSPS) is 22.5. The van der Waals surface area contributed by atoms with Crippen LogP contribution < -0.4 is 16.0 Å². The maximum atomic E-state index is 6.00. The zero-order chi connectivity index (χ0) is 16.8. The van der Waals surface area contributed by atoms with Gasteiger partial charge in [-0.2, -0.15) is 0 Å². The predicted molar refractivity (Wildman–Crippen MR) is 102 cm³/mol. The topological polar surface area (TPSA) is 69.8 Å². The highest BCUT2D eigenvalue weighted by molar-refractivity contribution is 7.13. The molecular formula is C17H30N6S. The van der Waals surface area contributed by atoms with Crippen molar-refractivity contribution in [2.24, 2.45) is 10.7 Å². The van der Waals surface area contributed by atoms with Gasteiger partial charge in [0.05, 0.1) is 12.2 Å². The second-order valence-corrected chi connectivity index (χ2v) is 7.48. The molecule has 0 aliphatic carbocycles. The van der Waals surface area contributed by atoms with Crippen molar-refractivity contribution in [3.8, 4) is 0 Å². The summed E-state index contributed by atoms with van der Waals surface area (Å²) in [4.78, 5) is 14.1. The fourth-order valence-electron chi connectivity index (χ4n) is 3.56. The number of likely N-dealkylation sites (N-methyl/N-ethyl adjacent to an activating group) is 1. The van der Waals surface area contributed by atoms with Gasteiger partial charge in [0.15, 0.2) is 11.1 Å². The molecule has 2 aliphatic heterocycles. The number of anilines is 1. The smallest absolute Gasteiger partial charge is 0.188 e. The van der Waals surface area contributed by atoms with Crippen molar-refractivity contribution in [2.75, 3.05) is 44.2 Å². The van der Waals surface area contributed by atoms with Gasteiger partial charge in [-0.05, 0) is 38.8 Å². The van der Waals surface area contributed by atoms with E-state index in [1.54, 1.807) is 11.3 Å². The first-order chi connectivity index (χ1) is 11.8. The van der Waals surface area contributed by atoms with Gasteiger partial charge in [0, 0.05) is 37.5 Å². The van der Waals surface area contributed by atoms with Gasteiger partial charge in [0.1, 0.15) is 0 Å². The summed E-state index contributed by atoms with van der Waals surface area (Å²) in [7, 11) is 0. The summed E-state index contributed by atoms with van der Waals surface area (Å²) in [5.74, 6) is 0.563. The van der Waals surface area contributed by atoms with Crippen LogP contribution in [0.3, 0.4) is 0 Å². The summed E-state index contributed by atoms with van der Waals surface area (Å²) in [5, 5.41) is 6.57. The number of hydrogen-bond acceptors (Lipinski definition) is 5. The van der Waals surface area contributed by atoms with Crippen molar-refractivity contribution >= 4 is 22.4 Å². The van der Waals surface area contributed by atoms with Crippen LogP contribution in [0.4, 0.5) is 5.13 Å². The van der Waals surface area contributed by atoms with Crippen LogP contribution in [0, 0.1) is 0 Å². The van der Waals surface area contributed by atoms with E-state index in [4.69, 9.17) is 10.7 Å². The van der Waals surface area contributed by atoms with E-state index < -0.39 is 0 Å². The van der Waals surface area contributed by atoms with Crippen molar-refractivity contribution in [3.63, 3.8) is 0 Å². The number of aliphatic imine (C=N–C) groups is 1. The molecule has 3 heterocycles. The third kappa shape index (κ3) is 4.60. The zero-order valence-electron chi connectivity index (χ0n) is 14.7. The number of nitrogens with two attached hydrogens (primary N) is 1. The largest absolute Gasteiger partial charge is 0.370 e. The molecule has 2 fully saturated rings. The van der Waals surface area contributed by atoms with Crippen LogP contribution in [0.2, 0.25) is 0 Å². The number of nitrogens with zero attached hydrogens (tertiary/aromatic N) is 4. The second kappa shape index (κ2) is 8.67. The van der Waals surface area contributed by atoms with E-state index in [2.05, 4.69) is 32.4 Å². The van der Waals surface area contributed by atoms with E-state index in [0.717, 1.165) is 44.8 Å². The van der Waals surface area contributed by atoms with Crippen LogP contribution >= 0.6 is 11.3 Å². The minimum absolute atomic E-state index is 0.563. The predicted octanol–water partition coefficient (Wildman–Crippen LogP) is 1.67. The van der Waals surface area contributed by atoms with Crippen molar-refractivity contribution in [2.45, 2.75) is 45.1 Å². The summed E-state index contributed by atoms with van der Waals surface area (Å²) < 4.78 is 0. The molecule has 0 bridgehead atoms. The molecule has 2 saturated heterocycles. The van der Waals surface area contributed by atoms with Crippen molar-refractivity contribution in [1.29, 1.82) is 0 Å². The SMILES string of the molecule is CCN1CCCC1CN=C(N)NCCc1csc(N2CCCC2)n1. The fourth-order valence-corrected chi connectivity index (χ4v) is 4.47. The van der Waals surface area contributed by atoms with Crippen LogP contribution in [-0.2, 0) is 6.42 Å². The summed E-state index contributed by atoms with van der Waals surface area (Å²) in [5.41, 5.74) is 7.15. The Hall–Kier alpha value is -1.34. The van der Waals surface area contributed by atoms with E-state index in [1.807, 2.05) is 0 Å². The Bertz CT molecular complexity index is 537. The maximum absolute atomic E-state index is 6.00. The lowest BCUT2D eigenvalue weighted by atomic mass is 10.2. The average molecular weight is 351 g/mol. The van der Waals surface area contributed by atoms with Crippen molar-refractivity contribution in [3.05, 3.63) is 11.1 Å². The quantitative estimate of drug-likeness (QED) is 0.578. The number of thiazole rings is 1. The molecular weight excluding hydrogens is 320 g/mol. The Morgan fingerprint density at radius 2 is 2.21 bits per heavy atom. The second-order valence-electron chi connectivity index (χ2n) is 6.64. The highest BCUT2D eigenvalue weighted by atomic mass is 32.1. The third-order valence-corrected chi connectivity index (χ3v) is 5.93. The van der Waals surface area contributed by atoms with Gasteiger partial charge in [-0.1, -0.05) is 6.92 Å².